The van der Waals surface area contributed by atoms with Crippen LogP contribution in [0, 0.1) is 23.1 Å². The van der Waals surface area contributed by atoms with Gasteiger partial charge >= 0.3 is 6.01 Å². The molecule has 0 N–H and O–H groups in total. The Morgan fingerprint density at radius 1 is 1.32 bits per heavy atom. The number of hydrogen-bond donors (Lipinski definition) is 0. The first-order valence-corrected chi connectivity index (χ1v) is 9.20. The maximum atomic E-state index is 12.9. The van der Waals surface area contributed by atoms with E-state index in [2.05, 4.69) is 27.0 Å². The van der Waals surface area contributed by atoms with Gasteiger partial charge in [-0.2, -0.15) is 0 Å². The number of carbonyl (C=O) groups is 1. The Balaban J connectivity index is 1.42. The van der Waals surface area contributed by atoms with Gasteiger partial charge in [0, 0.05) is 24.4 Å². The number of likely N-dealkylation sites (tertiary alicyclic amines) is 1. The van der Waals surface area contributed by atoms with E-state index in [0.29, 0.717) is 18.4 Å². The Bertz CT molecular complexity index is 663. The molecule has 4 rings (SSSR count). The summed E-state index contributed by atoms with van der Waals surface area (Å²) in [4.78, 5) is 22.7. The summed E-state index contributed by atoms with van der Waals surface area (Å²) in [5.74, 6) is 0.456. The van der Waals surface area contributed by atoms with Crippen molar-refractivity contribution in [3.63, 3.8) is 0 Å². The highest BCUT2D eigenvalue weighted by molar-refractivity contribution is 5.79. The fourth-order valence-corrected chi connectivity index (χ4v) is 4.68. The molecule has 0 spiro atoms. The summed E-state index contributed by atoms with van der Waals surface area (Å²) in [6.45, 7) is 2.10. The van der Waals surface area contributed by atoms with E-state index in [1.807, 2.05) is 0 Å². The Morgan fingerprint density at radius 3 is 2.92 bits per heavy atom. The van der Waals surface area contributed by atoms with Crippen molar-refractivity contribution < 1.29 is 13.9 Å². The third-order valence-electron chi connectivity index (χ3n) is 6.06. The first-order valence-electron chi connectivity index (χ1n) is 9.20. The van der Waals surface area contributed by atoms with Gasteiger partial charge in [-0.15, -0.1) is 0 Å². The molecule has 1 aromatic heterocycles. The van der Waals surface area contributed by atoms with Crippen molar-refractivity contribution in [3.8, 4) is 6.01 Å². The fourth-order valence-electron chi connectivity index (χ4n) is 4.68. The van der Waals surface area contributed by atoms with Gasteiger partial charge in [0.05, 0.1) is 19.0 Å². The maximum Gasteiger partial charge on any atom is 0.316 e. The summed E-state index contributed by atoms with van der Waals surface area (Å²) < 4.78 is 18.7. The SMILES string of the molecule is O=C(C1CC=CCC1)N1CC2CCCC2(COc2ncc(F)cn2)C1. The molecule has 3 atom stereocenters. The third kappa shape index (κ3) is 3.26. The van der Waals surface area contributed by atoms with E-state index in [0.717, 1.165) is 57.6 Å². The third-order valence-corrected chi connectivity index (χ3v) is 6.06. The zero-order valence-corrected chi connectivity index (χ0v) is 14.4. The largest absolute Gasteiger partial charge is 0.463 e. The molecule has 2 aliphatic carbocycles. The van der Waals surface area contributed by atoms with Gasteiger partial charge in [0.2, 0.25) is 5.91 Å². The van der Waals surface area contributed by atoms with E-state index < -0.39 is 5.82 Å². The number of rotatable bonds is 4. The highest BCUT2D eigenvalue weighted by Crippen LogP contribution is 2.49. The number of amides is 1. The van der Waals surface area contributed by atoms with Gasteiger partial charge in [-0.25, -0.2) is 14.4 Å². The molecule has 5 nitrogen and oxygen atoms in total. The predicted octanol–water partition coefficient (Wildman–Crippen LogP) is 2.98. The van der Waals surface area contributed by atoms with Crippen molar-refractivity contribution in [1.82, 2.24) is 14.9 Å². The number of ether oxygens (including phenoxy) is 1. The van der Waals surface area contributed by atoms with Crippen LogP contribution in [0.15, 0.2) is 24.5 Å². The second-order valence-electron chi connectivity index (χ2n) is 7.62. The molecule has 1 saturated heterocycles. The van der Waals surface area contributed by atoms with Crippen LogP contribution in [0.25, 0.3) is 0 Å². The van der Waals surface area contributed by atoms with Crippen LogP contribution in [0.2, 0.25) is 0 Å². The van der Waals surface area contributed by atoms with Gasteiger partial charge in [0.15, 0.2) is 5.82 Å². The highest BCUT2D eigenvalue weighted by atomic mass is 19.1. The van der Waals surface area contributed by atoms with E-state index in [4.69, 9.17) is 4.74 Å². The molecule has 134 valence electrons. The molecule has 3 unspecified atom stereocenters. The van der Waals surface area contributed by atoms with Gasteiger partial charge in [-0.3, -0.25) is 4.79 Å². The van der Waals surface area contributed by atoms with Crippen molar-refractivity contribution in [1.29, 1.82) is 0 Å². The molecule has 0 bridgehead atoms. The lowest BCUT2D eigenvalue weighted by Gasteiger charge is -2.29. The second kappa shape index (κ2) is 6.73. The average Bonchev–Trinajstić information content (AvgIpc) is 3.19. The van der Waals surface area contributed by atoms with Crippen LogP contribution in [0.1, 0.15) is 38.5 Å². The average molecular weight is 345 g/mol. The molecule has 2 fully saturated rings. The van der Waals surface area contributed by atoms with E-state index >= 15 is 0 Å². The minimum absolute atomic E-state index is 0.00207. The van der Waals surface area contributed by atoms with Gasteiger partial charge in [0.25, 0.3) is 0 Å². The minimum atomic E-state index is -0.469. The second-order valence-corrected chi connectivity index (χ2v) is 7.62. The van der Waals surface area contributed by atoms with Crippen molar-refractivity contribution in [2.24, 2.45) is 17.3 Å². The molecule has 2 heterocycles. The lowest BCUT2D eigenvalue weighted by Crippen LogP contribution is -2.38. The molecule has 0 aromatic carbocycles. The standard InChI is InChI=1S/C19H24FN3O2/c20-16-9-21-18(22-10-16)25-13-19-8-4-7-15(19)11-23(12-19)17(24)14-5-2-1-3-6-14/h1-2,9-10,14-15H,3-8,11-13H2. The summed E-state index contributed by atoms with van der Waals surface area (Å²) in [5, 5.41) is 0. The molecule has 1 amide bonds. The van der Waals surface area contributed by atoms with E-state index in [-0.39, 0.29) is 17.3 Å². The van der Waals surface area contributed by atoms with E-state index in [1.165, 1.54) is 6.42 Å². The molecule has 1 saturated carbocycles. The number of allylic oxidation sites excluding steroid dienone is 2. The normalized spacial score (nSPS) is 31.2. The summed E-state index contributed by atoms with van der Waals surface area (Å²) in [6, 6.07) is 0.212. The van der Waals surface area contributed by atoms with Gasteiger partial charge < -0.3 is 9.64 Å². The number of hydrogen-bond acceptors (Lipinski definition) is 4. The molecular weight excluding hydrogens is 321 g/mol. The number of halogens is 1. The zero-order valence-electron chi connectivity index (χ0n) is 14.4. The number of carbonyl (C=O) groups excluding carboxylic acids is 1. The summed E-state index contributed by atoms with van der Waals surface area (Å²) in [6.07, 6.45) is 12.7. The Morgan fingerprint density at radius 2 is 2.16 bits per heavy atom. The van der Waals surface area contributed by atoms with Crippen molar-refractivity contribution >= 4 is 5.91 Å². The predicted molar refractivity (Wildman–Crippen MR) is 90.3 cm³/mol. The Hall–Kier alpha value is -1.98. The van der Waals surface area contributed by atoms with Gasteiger partial charge in [-0.1, -0.05) is 18.6 Å². The van der Waals surface area contributed by atoms with Crippen molar-refractivity contribution in [2.75, 3.05) is 19.7 Å². The van der Waals surface area contributed by atoms with Crippen LogP contribution in [0.3, 0.4) is 0 Å². The number of aromatic nitrogens is 2. The van der Waals surface area contributed by atoms with E-state index in [9.17, 15) is 9.18 Å². The summed E-state index contributed by atoms with van der Waals surface area (Å²) in [7, 11) is 0. The fraction of sp³-hybridized carbons (Fsp3) is 0.632. The van der Waals surface area contributed by atoms with Crippen LogP contribution in [0.5, 0.6) is 6.01 Å². The molecule has 0 radical (unpaired) electrons. The smallest absolute Gasteiger partial charge is 0.316 e. The first kappa shape index (κ1) is 16.5. The van der Waals surface area contributed by atoms with Crippen molar-refractivity contribution in [3.05, 3.63) is 30.4 Å². The molecule has 6 heteroatoms. The van der Waals surface area contributed by atoms with Crippen LogP contribution < -0.4 is 4.74 Å². The molecule has 3 aliphatic rings. The van der Waals surface area contributed by atoms with Crippen LogP contribution in [0.4, 0.5) is 4.39 Å². The number of nitrogens with zero attached hydrogens (tertiary/aromatic N) is 3. The quantitative estimate of drug-likeness (QED) is 0.787. The topological polar surface area (TPSA) is 55.3 Å². The van der Waals surface area contributed by atoms with Crippen LogP contribution >= 0.6 is 0 Å². The summed E-state index contributed by atoms with van der Waals surface area (Å²) >= 11 is 0. The van der Waals surface area contributed by atoms with Crippen molar-refractivity contribution in [2.45, 2.75) is 38.5 Å². The molecule has 1 aliphatic heterocycles. The highest BCUT2D eigenvalue weighted by Gasteiger charge is 2.51. The summed E-state index contributed by atoms with van der Waals surface area (Å²) in [5.41, 5.74) is -0.00207. The lowest BCUT2D eigenvalue weighted by atomic mass is 9.81. The van der Waals surface area contributed by atoms with Gasteiger partial charge in [-0.05, 0) is 38.0 Å². The molecule has 1 aromatic rings. The van der Waals surface area contributed by atoms with Gasteiger partial charge in [0.1, 0.15) is 0 Å². The van der Waals surface area contributed by atoms with Crippen LogP contribution in [-0.2, 0) is 4.79 Å². The lowest BCUT2D eigenvalue weighted by molar-refractivity contribution is -0.135. The number of fused-ring (bicyclic) bond motifs is 1. The van der Waals surface area contributed by atoms with Crippen LogP contribution in [-0.4, -0.2) is 40.5 Å². The first-order chi connectivity index (χ1) is 12.2. The molecular formula is C19H24FN3O2. The Kier molecular flexibility index (Phi) is 4.44. The Labute approximate surface area is 147 Å². The monoisotopic (exact) mass is 345 g/mol. The maximum absolute atomic E-state index is 12.9. The zero-order chi connectivity index (χ0) is 17.3. The minimum Gasteiger partial charge on any atom is -0.463 e. The van der Waals surface area contributed by atoms with E-state index in [1.54, 1.807) is 0 Å². The molecule has 25 heavy (non-hydrogen) atoms.